The van der Waals surface area contributed by atoms with Crippen molar-refractivity contribution in [2.75, 3.05) is 18.4 Å². The van der Waals surface area contributed by atoms with Crippen molar-refractivity contribution in [1.82, 2.24) is 10.2 Å². The second-order valence-electron chi connectivity index (χ2n) is 7.50. The zero-order valence-corrected chi connectivity index (χ0v) is 16.7. The molecule has 0 aromatic heterocycles. The van der Waals surface area contributed by atoms with Gasteiger partial charge in [0.2, 0.25) is 5.91 Å². The van der Waals surface area contributed by atoms with Gasteiger partial charge in [0, 0.05) is 43.3 Å². The Bertz CT molecular complexity index is 826. The van der Waals surface area contributed by atoms with Crippen LogP contribution in [0.4, 0.5) is 5.69 Å². The van der Waals surface area contributed by atoms with Crippen LogP contribution < -0.4 is 10.6 Å². The number of rotatable bonds is 6. The van der Waals surface area contributed by atoms with E-state index in [2.05, 4.69) is 46.7 Å². The molecular weight excluding hydrogens is 350 g/mol. The number of piperidine rings is 1. The van der Waals surface area contributed by atoms with Crippen LogP contribution in [0.5, 0.6) is 0 Å². The first-order valence-electron chi connectivity index (χ1n) is 10.0. The highest BCUT2D eigenvalue weighted by Crippen LogP contribution is 2.16. The van der Waals surface area contributed by atoms with E-state index in [0.29, 0.717) is 17.7 Å². The van der Waals surface area contributed by atoms with Crippen LogP contribution in [0.2, 0.25) is 0 Å². The van der Waals surface area contributed by atoms with Crippen LogP contribution in [0, 0.1) is 6.92 Å². The summed E-state index contributed by atoms with van der Waals surface area (Å²) < 4.78 is 0. The maximum absolute atomic E-state index is 12.6. The SMILES string of the molecule is CCC(=O)Nc1cccc(C(=O)NC2CCN(Cc3cccc(C)c3)CC2)c1. The molecule has 1 aliphatic rings. The molecule has 5 heteroatoms. The Morgan fingerprint density at radius 1 is 1.07 bits per heavy atom. The van der Waals surface area contributed by atoms with Crippen molar-refractivity contribution in [2.45, 2.75) is 45.7 Å². The summed E-state index contributed by atoms with van der Waals surface area (Å²) >= 11 is 0. The minimum Gasteiger partial charge on any atom is -0.349 e. The van der Waals surface area contributed by atoms with Gasteiger partial charge in [-0.3, -0.25) is 14.5 Å². The van der Waals surface area contributed by atoms with Crippen molar-refractivity contribution in [2.24, 2.45) is 0 Å². The second-order valence-corrected chi connectivity index (χ2v) is 7.50. The van der Waals surface area contributed by atoms with Gasteiger partial charge in [0.05, 0.1) is 0 Å². The molecule has 0 atom stereocenters. The van der Waals surface area contributed by atoms with Gasteiger partial charge in [-0.15, -0.1) is 0 Å². The minimum atomic E-state index is -0.0790. The number of carbonyl (C=O) groups is 2. The molecule has 3 rings (SSSR count). The second kappa shape index (κ2) is 9.51. The highest BCUT2D eigenvalue weighted by atomic mass is 16.2. The van der Waals surface area contributed by atoms with E-state index in [-0.39, 0.29) is 17.9 Å². The van der Waals surface area contributed by atoms with Crippen LogP contribution in [0.3, 0.4) is 0 Å². The quantitative estimate of drug-likeness (QED) is 0.804. The lowest BCUT2D eigenvalue weighted by Crippen LogP contribution is -2.44. The predicted octanol–water partition coefficient (Wildman–Crippen LogP) is 3.74. The van der Waals surface area contributed by atoms with Gasteiger partial charge in [-0.1, -0.05) is 42.8 Å². The van der Waals surface area contributed by atoms with Crippen LogP contribution in [0.25, 0.3) is 0 Å². The average molecular weight is 380 g/mol. The zero-order valence-electron chi connectivity index (χ0n) is 16.7. The van der Waals surface area contributed by atoms with Crippen molar-refractivity contribution in [1.29, 1.82) is 0 Å². The van der Waals surface area contributed by atoms with Crippen molar-refractivity contribution >= 4 is 17.5 Å². The van der Waals surface area contributed by atoms with E-state index in [1.54, 1.807) is 31.2 Å². The Morgan fingerprint density at radius 3 is 2.54 bits per heavy atom. The first-order chi connectivity index (χ1) is 13.5. The first-order valence-corrected chi connectivity index (χ1v) is 10.0. The molecule has 0 spiro atoms. The van der Waals surface area contributed by atoms with E-state index in [9.17, 15) is 9.59 Å². The molecular formula is C23H29N3O2. The summed E-state index contributed by atoms with van der Waals surface area (Å²) in [7, 11) is 0. The predicted molar refractivity (Wildman–Crippen MR) is 112 cm³/mol. The molecule has 2 aromatic rings. The molecule has 0 bridgehead atoms. The Morgan fingerprint density at radius 2 is 1.82 bits per heavy atom. The number of aryl methyl sites for hydroxylation is 1. The third kappa shape index (κ3) is 5.67. The fourth-order valence-electron chi connectivity index (χ4n) is 3.56. The summed E-state index contributed by atoms with van der Waals surface area (Å²) in [5, 5.41) is 5.94. The number of benzene rings is 2. The summed E-state index contributed by atoms with van der Waals surface area (Å²) in [6.45, 7) is 6.84. The molecule has 5 nitrogen and oxygen atoms in total. The lowest BCUT2D eigenvalue weighted by Gasteiger charge is -2.32. The molecule has 1 fully saturated rings. The molecule has 1 heterocycles. The fraction of sp³-hybridized carbons (Fsp3) is 0.391. The van der Waals surface area contributed by atoms with Gasteiger partial charge < -0.3 is 10.6 Å². The van der Waals surface area contributed by atoms with Crippen LogP contribution >= 0.6 is 0 Å². The van der Waals surface area contributed by atoms with Crippen LogP contribution in [-0.2, 0) is 11.3 Å². The molecule has 148 valence electrons. The van der Waals surface area contributed by atoms with Crippen molar-refractivity contribution in [3.63, 3.8) is 0 Å². The summed E-state index contributed by atoms with van der Waals surface area (Å²) in [4.78, 5) is 26.6. The average Bonchev–Trinajstić information content (AvgIpc) is 2.69. The molecule has 2 aromatic carbocycles. The molecule has 0 saturated carbocycles. The van der Waals surface area contributed by atoms with Gasteiger partial charge >= 0.3 is 0 Å². The Hall–Kier alpha value is -2.66. The number of anilines is 1. The maximum Gasteiger partial charge on any atom is 0.251 e. The third-order valence-electron chi connectivity index (χ3n) is 5.14. The van der Waals surface area contributed by atoms with Crippen LogP contribution in [-0.4, -0.2) is 35.8 Å². The molecule has 0 radical (unpaired) electrons. The summed E-state index contributed by atoms with van der Waals surface area (Å²) in [6.07, 6.45) is 2.31. The lowest BCUT2D eigenvalue weighted by atomic mass is 10.0. The van der Waals surface area contributed by atoms with E-state index in [4.69, 9.17) is 0 Å². The van der Waals surface area contributed by atoms with E-state index in [0.717, 1.165) is 32.5 Å². The minimum absolute atomic E-state index is 0.0569. The van der Waals surface area contributed by atoms with Gasteiger partial charge in [-0.25, -0.2) is 0 Å². The Balaban J connectivity index is 1.49. The zero-order chi connectivity index (χ0) is 19.9. The number of carbonyl (C=O) groups excluding carboxylic acids is 2. The lowest BCUT2D eigenvalue weighted by molar-refractivity contribution is -0.115. The van der Waals surface area contributed by atoms with E-state index >= 15 is 0 Å². The van der Waals surface area contributed by atoms with Crippen LogP contribution in [0.15, 0.2) is 48.5 Å². The Labute approximate surface area is 167 Å². The Kier molecular flexibility index (Phi) is 6.82. The largest absolute Gasteiger partial charge is 0.349 e. The standard InChI is InChI=1S/C23H29N3O2/c1-3-22(27)24-21-9-5-8-19(15-21)23(28)25-20-10-12-26(13-11-20)16-18-7-4-6-17(2)14-18/h4-9,14-15,20H,3,10-13,16H2,1-2H3,(H,24,27)(H,25,28). The first kappa shape index (κ1) is 20.1. The van der Waals surface area contributed by atoms with Crippen LogP contribution in [0.1, 0.15) is 47.7 Å². The van der Waals surface area contributed by atoms with E-state index < -0.39 is 0 Å². The van der Waals surface area contributed by atoms with Crippen molar-refractivity contribution < 1.29 is 9.59 Å². The van der Waals surface area contributed by atoms with Gasteiger partial charge in [-0.2, -0.15) is 0 Å². The molecule has 0 aliphatic carbocycles. The highest BCUT2D eigenvalue weighted by molar-refractivity contribution is 5.97. The topological polar surface area (TPSA) is 61.4 Å². The number of hydrogen-bond donors (Lipinski definition) is 2. The molecule has 2 amide bonds. The molecule has 2 N–H and O–H groups in total. The summed E-state index contributed by atoms with van der Waals surface area (Å²) in [5.41, 5.74) is 3.87. The molecule has 28 heavy (non-hydrogen) atoms. The number of amides is 2. The highest BCUT2D eigenvalue weighted by Gasteiger charge is 2.21. The van der Waals surface area contributed by atoms with Gasteiger partial charge in [0.1, 0.15) is 0 Å². The maximum atomic E-state index is 12.6. The monoisotopic (exact) mass is 379 g/mol. The van der Waals surface area contributed by atoms with Crippen molar-refractivity contribution in [3.8, 4) is 0 Å². The summed E-state index contributed by atoms with van der Waals surface area (Å²) in [5.74, 6) is -0.136. The number of likely N-dealkylation sites (tertiary alicyclic amines) is 1. The van der Waals surface area contributed by atoms with E-state index in [1.165, 1.54) is 11.1 Å². The smallest absolute Gasteiger partial charge is 0.251 e. The molecule has 0 unspecified atom stereocenters. The van der Waals surface area contributed by atoms with Gasteiger partial charge in [0.15, 0.2) is 0 Å². The molecule has 1 aliphatic heterocycles. The third-order valence-corrected chi connectivity index (χ3v) is 5.14. The van der Waals surface area contributed by atoms with Gasteiger partial charge in [0.25, 0.3) is 5.91 Å². The normalized spacial score (nSPS) is 15.2. The number of nitrogens with zero attached hydrogens (tertiary/aromatic N) is 1. The molecule has 1 saturated heterocycles. The van der Waals surface area contributed by atoms with E-state index in [1.807, 2.05) is 0 Å². The fourth-order valence-corrected chi connectivity index (χ4v) is 3.56. The van der Waals surface area contributed by atoms with Crippen molar-refractivity contribution in [3.05, 3.63) is 65.2 Å². The number of hydrogen-bond acceptors (Lipinski definition) is 3. The summed E-state index contributed by atoms with van der Waals surface area (Å²) in [6, 6.07) is 15.9. The van der Waals surface area contributed by atoms with Gasteiger partial charge in [-0.05, 0) is 43.5 Å². The number of nitrogens with one attached hydrogen (secondary N) is 2.